The molecule has 1 aliphatic carbocycles. The summed E-state index contributed by atoms with van der Waals surface area (Å²) < 4.78 is 5.33. The van der Waals surface area contributed by atoms with Gasteiger partial charge in [0.2, 0.25) is 5.91 Å². The molecule has 0 unspecified atom stereocenters. The van der Waals surface area contributed by atoms with Crippen molar-refractivity contribution < 1.29 is 14.3 Å². The molecule has 5 nitrogen and oxygen atoms in total. The maximum atomic E-state index is 13.2. The van der Waals surface area contributed by atoms with Crippen molar-refractivity contribution in [3.63, 3.8) is 0 Å². The average molecular weight is 350 g/mol. The van der Waals surface area contributed by atoms with Gasteiger partial charge in [0.05, 0.1) is 19.6 Å². The molecule has 4 aliphatic rings. The Kier molecular flexibility index (Phi) is 3.15. The number of esters is 1. The van der Waals surface area contributed by atoms with E-state index in [9.17, 15) is 9.59 Å². The number of ether oxygens (including phenoxy) is 1. The fourth-order valence-electron chi connectivity index (χ4n) is 5.53. The van der Waals surface area contributed by atoms with E-state index in [4.69, 9.17) is 4.74 Å². The number of amides is 1. The SMILES string of the molecule is CCC1=C[C@@H]2CN3C(=O)Cc4c([nH]c5ccccc45)[C@@](C(=O)OC)(C2)[C@@H]13. The number of methoxy groups -OCH3 is 1. The van der Waals surface area contributed by atoms with Crippen LogP contribution in [0.1, 0.15) is 31.0 Å². The van der Waals surface area contributed by atoms with Crippen molar-refractivity contribution in [1.29, 1.82) is 0 Å². The number of para-hydroxylation sites is 1. The largest absolute Gasteiger partial charge is 0.468 e. The molecule has 0 saturated carbocycles. The topological polar surface area (TPSA) is 62.4 Å². The molecule has 3 aliphatic heterocycles. The minimum Gasteiger partial charge on any atom is -0.468 e. The van der Waals surface area contributed by atoms with Gasteiger partial charge in [0.1, 0.15) is 5.41 Å². The van der Waals surface area contributed by atoms with Gasteiger partial charge in [-0.15, -0.1) is 0 Å². The lowest BCUT2D eigenvalue weighted by Crippen LogP contribution is -2.64. The Morgan fingerprint density at radius 1 is 1.38 bits per heavy atom. The number of nitrogens with one attached hydrogen (secondary N) is 1. The molecule has 1 aromatic carbocycles. The molecule has 3 atom stereocenters. The van der Waals surface area contributed by atoms with Crippen molar-refractivity contribution in [2.24, 2.45) is 5.92 Å². The molecule has 26 heavy (non-hydrogen) atoms. The lowest BCUT2D eigenvalue weighted by molar-refractivity contribution is -0.156. The summed E-state index contributed by atoms with van der Waals surface area (Å²) in [6, 6.07) is 7.75. The van der Waals surface area contributed by atoms with Gasteiger partial charge in [0.15, 0.2) is 0 Å². The van der Waals surface area contributed by atoms with Crippen LogP contribution in [0.15, 0.2) is 35.9 Å². The van der Waals surface area contributed by atoms with Crippen molar-refractivity contribution in [2.75, 3.05) is 13.7 Å². The number of H-pyrrole nitrogens is 1. The third-order valence-corrected chi connectivity index (χ3v) is 6.46. The molecule has 1 N–H and O–H groups in total. The molecule has 0 radical (unpaired) electrons. The summed E-state index contributed by atoms with van der Waals surface area (Å²) in [5.74, 6) is 0.0599. The zero-order valence-corrected chi connectivity index (χ0v) is 15.0. The average Bonchev–Trinajstić information content (AvgIpc) is 3.02. The van der Waals surface area contributed by atoms with Gasteiger partial charge in [-0.2, -0.15) is 0 Å². The van der Waals surface area contributed by atoms with Crippen molar-refractivity contribution in [1.82, 2.24) is 9.88 Å². The number of piperidine rings is 1. The second-order valence-corrected chi connectivity index (χ2v) is 7.67. The van der Waals surface area contributed by atoms with Gasteiger partial charge in [0.25, 0.3) is 0 Å². The van der Waals surface area contributed by atoms with Crippen molar-refractivity contribution in [2.45, 2.75) is 37.6 Å². The molecular weight excluding hydrogens is 328 g/mol. The van der Waals surface area contributed by atoms with Crippen LogP contribution < -0.4 is 0 Å². The highest BCUT2D eigenvalue weighted by atomic mass is 16.5. The van der Waals surface area contributed by atoms with Crippen LogP contribution in [0.25, 0.3) is 10.9 Å². The molecular formula is C21H22N2O3. The monoisotopic (exact) mass is 350 g/mol. The Morgan fingerprint density at radius 3 is 2.96 bits per heavy atom. The summed E-state index contributed by atoms with van der Waals surface area (Å²) in [6.45, 7) is 2.80. The molecule has 134 valence electrons. The summed E-state index contributed by atoms with van der Waals surface area (Å²) in [6.07, 6.45) is 4.14. The van der Waals surface area contributed by atoms with E-state index in [-0.39, 0.29) is 23.8 Å². The fraction of sp³-hybridized carbons (Fsp3) is 0.429. The molecule has 1 fully saturated rings. The quantitative estimate of drug-likeness (QED) is 0.669. The van der Waals surface area contributed by atoms with Crippen LogP contribution in [0.3, 0.4) is 0 Å². The number of fused-ring (bicyclic) bond motifs is 3. The molecule has 4 bridgehead atoms. The van der Waals surface area contributed by atoms with E-state index in [1.165, 1.54) is 12.7 Å². The van der Waals surface area contributed by atoms with E-state index < -0.39 is 5.41 Å². The van der Waals surface area contributed by atoms with E-state index in [0.717, 1.165) is 28.6 Å². The Morgan fingerprint density at radius 2 is 2.19 bits per heavy atom. The van der Waals surface area contributed by atoms with E-state index in [1.807, 2.05) is 29.2 Å². The van der Waals surface area contributed by atoms with Crippen LogP contribution in [0.5, 0.6) is 0 Å². The maximum absolute atomic E-state index is 13.2. The van der Waals surface area contributed by atoms with Crippen LogP contribution in [-0.4, -0.2) is 41.5 Å². The van der Waals surface area contributed by atoms with E-state index in [0.29, 0.717) is 19.4 Å². The zero-order valence-electron chi connectivity index (χ0n) is 15.0. The molecule has 1 aromatic heterocycles. The summed E-state index contributed by atoms with van der Waals surface area (Å²) in [5, 5.41) is 1.03. The van der Waals surface area contributed by atoms with Crippen molar-refractivity contribution in [3.05, 3.63) is 47.2 Å². The lowest BCUT2D eigenvalue weighted by atomic mass is 9.60. The predicted octanol–water partition coefficient (Wildman–Crippen LogP) is 2.70. The van der Waals surface area contributed by atoms with Crippen LogP contribution in [-0.2, 0) is 26.2 Å². The Hall–Kier alpha value is -2.56. The highest BCUT2D eigenvalue weighted by Crippen LogP contribution is 2.53. The molecule has 4 heterocycles. The molecule has 1 saturated heterocycles. The van der Waals surface area contributed by atoms with Gasteiger partial charge in [-0.3, -0.25) is 9.59 Å². The number of rotatable bonds is 2. The van der Waals surface area contributed by atoms with Gasteiger partial charge >= 0.3 is 5.97 Å². The molecule has 2 aromatic rings. The zero-order chi connectivity index (χ0) is 18.1. The second-order valence-electron chi connectivity index (χ2n) is 7.67. The number of benzene rings is 1. The third kappa shape index (κ3) is 1.76. The minimum atomic E-state index is -0.835. The first-order chi connectivity index (χ1) is 12.6. The smallest absolute Gasteiger partial charge is 0.320 e. The van der Waals surface area contributed by atoms with Gasteiger partial charge in [-0.25, -0.2) is 0 Å². The van der Waals surface area contributed by atoms with Gasteiger partial charge in [-0.1, -0.05) is 36.8 Å². The summed E-state index contributed by atoms with van der Waals surface area (Å²) in [4.78, 5) is 31.9. The fourth-order valence-corrected chi connectivity index (χ4v) is 5.53. The highest BCUT2D eigenvalue weighted by molar-refractivity contribution is 5.97. The standard InChI is InChI=1S/C21H22N2O3/c1-3-13-8-12-10-21(20(25)26-2)18-15(9-17(24)23(11-12)19(13)21)14-6-4-5-7-16(14)22-18/h4-8,12,19,22H,3,9-11H2,1-2H3/t12-,19+,21-/m0/s1. The highest BCUT2D eigenvalue weighted by Gasteiger charge is 2.62. The predicted molar refractivity (Wildman–Crippen MR) is 97.7 cm³/mol. The number of carbonyl (C=O) groups is 2. The second kappa shape index (κ2) is 5.22. The van der Waals surface area contributed by atoms with Crippen LogP contribution >= 0.6 is 0 Å². The number of hydrogen-bond acceptors (Lipinski definition) is 3. The minimum absolute atomic E-state index is 0.107. The van der Waals surface area contributed by atoms with Crippen LogP contribution in [0.2, 0.25) is 0 Å². The summed E-state index contributed by atoms with van der Waals surface area (Å²) in [5.41, 5.74) is 3.16. The number of hydrogen-bond donors (Lipinski definition) is 1. The number of nitrogens with zero attached hydrogens (tertiary/aromatic N) is 1. The Bertz CT molecular complexity index is 973. The van der Waals surface area contributed by atoms with Gasteiger partial charge in [-0.05, 0) is 30.4 Å². The maximum Gasteiger partial charge on any atom is 0.320 e. The van der Waals surface area contributed by atoms with Crippen molar-refractivity contribution in [3.8, 4) is 0 Å². The Labute approximate surface area is 152 Å². The van der Waals surface area contributed by atoms with E-state index in [2.05, 4.69) is 18.0 Å². The first kappa shape index (κ1) is 15.7. The Balaban J connectivity index is 1.87. The van der Waals surface area contributed by atoms with Crippen LogP contribution in [0, 0.1) is 5.92 Å². The van der Waals surface area contributed by atoms with Gasteiger partial charge in [0, 0.05) is 23.1 Å². The third-order valence-electron chi connectivity index (χ3n) is 6.46. The molecule has 0 spiro atoms. The number of aromatic nitrogens is 1. The summed E-state index contributed by atoms with van der Waals surface area (Å²) >= 11 is 0. The van der Waals surface area contributed by atoms with Crippen molar-refractivity contribution >= 4 is 22.8 Å². The first-order valence-corrected chi connectivity index (χ1v) is 9.28. The molecule has 6 rings (SSSR count). The van der Waals surface area contributed by atoms with Gasteiger partial charge < -0.3 is 14.6 Å². The number of carbonyl (C=O) groups excluding carboxylic acids is 2. The van der Waals surface area contributed by atoms with E-state index in [1.54, 1.807) is 0 Å². The molecule has 5 heteroatoms. The lowest BCUT2D eigenvalue weighted by Gasteiger charge is -2.53. The van der Waals surface area contributed by atoms with E-state index >= 15 is 0 Å². The normalized spacial score (nSPS) is 29.4. The first-order valence-electron chi connectivity index (χ1n) is 9.28. The number of aromatic amines is 1. The molecule has 1 amide bonds. The van der Waals surface area contributed by atoms with Crippen LogP contribution in [0.4, 0.5) is 0 Å². The summed E-state index contributed by atoms with van der Waals surface area (Å²) in [7, 11) is 1.45.